The van der Waals surface area contributed by atoms with Crippen molar-refractivity contribution in [2.75, 3.05) is 0 Å². The van der Waals surface area contributed by atoms with Crippen LogP contribution in [0.5, 0.6) is 0 Å². The van der Waals surface area contributed by atoms with Crippen LogP contribution in [0.1, 0.15) is 11.1 Å². The third kappa shape index (κ3) is 3.79. The smallest absolute Gasteiger partial charge is 0.207 e. The molecule has 0 aromatic heterocycles. The highest BCUT2D eigenvalue weighted by Crippen LogP contribution is 2.17. The zero-order valence-electron chi connectivity index (χ0n) is 10.7. The fraction of sp³-hybridized carbons (Fsp3) is 0.0714. The number of nitriles is 1. The van der Waals surface area contributed by atoms with Gasteiger partial charge in [0.05, 0.1) is 21.6 Å². The maximum Gasteiger partial charge on any atom is 0.240 e. The molecule has 1 N–H and O–H groups in total. The highest BCUT2D eigenvalue weighted by Gasteiger charge is 2.14. The van der Waals surface area contributed by atoms with Crippen molar-refractivity contribution in [2.24, 2.45) is 0 Å². The summed E-state index contributed by atoms with van der Waals surface area (Å²) in [6.07, 6.45) is 0. The molecule has 0 bridgehead atoms. The van der Waals surface area contributed by atoms with E-state index in [-0.39, 0.29) is 22.0 Å². The Bertz CT molecular complexity index is 816. The summed E-state index contributed by atoms with van der Waals surface area (Å²) < 4.78 is 39.6. The number of benzene rings is 2. The number of sulfonamides is 1. The van der Waals surface area contributed by atoms with Gasteiger partial charge in [0.15, 0.2) is 0 Å². The van der Waals surface area contributed by atoms with Gasteiger partial charge < -0.3 is 0 Å². The molecule has 0 saturated heterocycles. The number of nitrogens with zero attached hydrogens (tertiary/aromatic N) is 1. The minimum atomic E-state index is -3.75. The van der Waals surface area contributed by atoms with Crippen LogP contribution >= 0.6 is 11.6 Å². The molecule has 4 nitrogen and oxygen atoms in total. The van der Waals surface area contributed by atoms with E-state index in [4.69, 9.17) is 16.9 Å². The molecule has 0 aliphatic carbocycles. The van der Waals surface area contributed by atoms with E-state index in [0.717, 1.165) is 0 Å². The SMILES string of the molecule is N#Cc1cccc(S(=O)(=O)NCc2ccc(F)c(Cl)c2)c1. The molecule has 0 amide bonds. The van der Waals surface area contributed by atoms with Crippen LogP contribution < -0.4 is 4.72 Å². The summed E-state index contributed by atoms with van der Waals surface area (Å²) in [7, 11) is -3.75. The zero-order valence-corrected chi connectivity index (χ0v) is 12.2. The number of nitrogens with one attached hydrogen (secondary N) is 1. The van der Waals surface area contributed by atoms with E-state index >= 15 is 0 Å². The van der Waals surface area contributed by atoms with Gasteiger partial charge in [-0.25, -0.2) is 17.5 Å². The summed E-state index contributed by atoms with van der Waals surface area (Å²) in [5.41, 5.74) is 0.782. The lowest BCUT2D eigenvalue weighted by Gasteiger charge is -2.07. The van der Waals surface area contributed by atoms with Crippen LogP contribution in [0.3, 0.4) is 0 Å². The molecule has 0 heterocycles. The Morgan fingerprint density at radius 1 is 1.24 bits per heavy atom. The molecule has 0 aliphatic heterocycles. The topological polar surface area (TPSA) is 70.0 Å². The molecule has 0 spiro atoms. The van der Waals surface area contributed by atoms with Crippen LogP contribution in [0, 0.1) is 17.1 Å². The van der Waals surface area contributed by atoms with Gasteiger partial charge in [0.25, 0.3) is 0 Å². The number of halogens is 2. The Morgan fingerprint density at radius 2 is 2.00 bits per heavy atom. The first-order valence-electron chi connectivity index (χ1n) is 5.86. The van der Waals surface area contributed by atoms with Gasteiger partial charge in [-0.2, -0.15) is 5.26 Å². The van der Waals surface area contributed by atoms with E-state index in [1.165, 1.54) is 42.5 Å². The van der Waals surface area contributed by atoms with Gasteiger partial charge >= 0.3 is 0 Å². The van der Waals surface area contributed by atoms with Crippen molar-refractivity contribution in [3.63, 3.8) is 0 Å². The molecule has 2 aromatic carbocycles. The van der Waals surface area contributed by atoms with E-state index in [9.17, 15) is 12.8 Å². The molecular formula is C14H10ClFN2O2S. The molecular weight excluding hydrogens is 315 g/mol. The summed E-state index contributed by atoms with van der Waals surface area (Å²) in [6, 6.07) is 11.5. The highest BCUT2D eigenvalue weighted by atomic mass is 35.5. The van der Waals surface area contributed by atoms with Gasteiger partial charge in [-0.3, -0.25) is 0 Å². The Labute approximate surface area is 126 Å². The summed E-state index contributed by atoms with van der Waals surface area (Å²) in [5, 5.41) is 8.71. The second-order valence-corrected chi connectivity index (χ2v) is 6.39. The lowest BCUT2D eigenvalue weighted by molar-refractivity contribution is 0.581. The molecule has 0 fully saturated rings. The van der Waals surface area contributed by atoms with Crippen molar-refractivity contribution >= 4 is 21.6 Å². The van der Waals surface area contributed by atoms with Crippen LogP contribution in [-0.2, 0) is 16.6 Å². The first kappa shape index (κ1) is 15.4. The highest BCUT2D eigenvalue weighted by molar-refractivity contribution is 7.89. The zero-order chi connectivity index (χ0) is 15.5. The predicted octanol–water partition coefficient (Wildman–Crippen LogP) is 2.83. The normalized spacial score (nSPS) is 11.1. The van der Waals surface area contributed by atoms with Crippen molar-refractivity contribution < 1.29 is 12.8 Å². The minimum Gasteiger partial charge on any atom is -0.207 e. The van der Waals surface area contributed by atoms with Gasteiger partial charge in [-0.15, -0.1) is 0 Å². The second-order valence-electron chi connectivity index (χ2n) is 4.21. The van der Waals surface area contributed by atoms with E-state index < -0.39 is 15.8 Å². The number of rotatable bonds is 4. The predicted molar refractivity (Wildman–Crippen MR) is 76.6 cm³/mol. The largest absolute Gasteiger partial charge is 0.240 e. The summed E-state index contributed by atoms with van der Waals surface area (Å²) >= 11 is 5.63. The van der Waals surface area contributed by atoms with E-state index in [1.54, 1.807) is 0 Å². The molecule has 0 atom stereocenters. The van der Waals surface area contributed by atoms with Crippen LogP contribution in [0.15, 0.2) is 47.4 Å². The lowest BCUT2D eigenvalue weighted by atomic mass is 10.2. The van der Waals surface area contributed by atoms with Crippen LogP contribution in [0.25, 0.3) is 0 Å². The molecule has 0 aliphatic rings. The van der Waals surface area contributed by atoms with E-state index in [1.807, 2.05) is 6.07 Å². The lowest BCUT2D eigenvalue weighted by Crippen LogP contribution is -2.23. The molecule has 2 rings (SSSR count). The Balaban J connectivity index is 2.17. The average Bonchev–Trinajstić information content (AvgIpc) is 2.48. The Kier molecular flexibility index (Phi) is 4.58. The fourth-order valence-corrected chi connectivity index (χ4v) is 2.91. The summed E-state index contributed by atoms with van der Waals surface area (Å²) in [5.74, 6) is -0.565. The maximum absolute atomic E-state index is 13.0. The minimum absolute atomic E-state index is 0.00485. The molecule has 21 heavy (non-hydrogen) atoms. The molecule has 7 heteroatoms. The Morgan fingerprint density at radius 3 is 2.67 bits per heavy atom. The number of hydrogen-bond donors (Lipinski definition) is 1. The third-order valence-corrected chi connectivity index (χ3v) is 4.41. The van der Waals surface area contributed by atoms with Gasteiger partial charge in [0.2, 0.25) is 10.0 Å². The van der Waals surface area contributed by atoms with Crippen LogP contribution in [-0.4, -0.2) is 8.42 Å². The van der Waals surface area contributed by atoms with Gasteiger partial charge in [-0.05, 0) is 35.9 Å². The third-order valence-electron chi connectivity index (χ3n) is 2.72. The van der Waals surface area contributed by atoms with Crippen molar-refractivity contribution in [1.29, 1.82) is 5.26 Å². The molecule has 0 saturated carbocycles. The van der Waals surface area contributed by atoms with Crippen molar-refractivity contribution in [1.82, 2.24) is 4.72 Å². The maximum atomic E-state index is 13.0. The average molecular weight is 325 g/mol. The first-order chi connectivity index (χ1) is 9.92. The quantitative estimate of drug-likeness (QED) is 0.940. The Hall–Kier alpha value is -1.94. The van der Waals surface area contributed by atoms with Gasteiger partial charge in [0.1, 0.15) is 5.82 Å². The molecule has 0 unspecified atom stereocenters. The van der Waals surface area contributed by atoms with E-state index in [0.29, 0.717) is 5.56 Å². The van der Waals surface area contributed by atoms with Crippen molar-refractivity contribution in [2.45, 2.75) is 11.4 Å². The van der Waals surface area contributed by atoms with Gasteiger partial charge in [-0.1, -0.05) is 23.7 Å². The van der Waals surface area contributed by atoms with Crippen molar-refractivity contribution in [3.8, 4) is 6.07 Å². The van der Waals surface area contributed by atoms with Gasteiger partial charge in [0, 0.05) is 6.54 Å². The van der Waals surface area contributed by atoms with E-state index in [2.05, 4.69) is 4.72 Å². The standard InChI is InChI=1S/C14H10ClFN2O2S/c15-13-7-11(4-5-14(13)16)9-18-21(19,20)12-3-1-2-10(6-12)8-17/h1-7,18H,9H2. The summed E-state index contributed by atoms with van der Waals surface area (Å²) in [4.78, 5) is -0.00485. The number of hydrogen-bond acceptors (Lipinski definition) is 3. The second kappa shape index (κ2) is 6.22. The molecule has 108 valence electrons. The fourth-order valence-electron chi connectivity index (χ4n) is 1.64. The summed E-state index contributed by atoms with van der Waals surface area (Å²) in [6.45, 7) is -0.0287. The van der Waals surface area contributed by atoms with Crippen LogP contribution in [0.2, 0.25) is 5.02 Å². The first-order valence-corrected chi connectivity index (χ1v) is 7.72. The molecule has 0 radical (unpaired) electrons. The monoisotopic (exact) mass is 324 g/mol. The molecule has 2 aromatic rings. The van der Waals surface area contributed by atoms with Crippen molar-refractivity contribution in [3.05, 3.63) is 64.4 Å². The van der Waals surface area contributed by atoms with Crippen LogP contribution in [0.4, 0.5) is 4.39 Å².